The first-order chi connectivity index (χ1) is 13.0. The molecule has 8 heteroatoms. The van der Waals surface area contributed by atoms with Gasteiger partial charge in [0.05, 0.1) is 15.6 Å². The van der Waals surface area contributed by atoms with Crippen LogP contribution in [-0.2, 0) is 7.05 Å². The van der Waals surface area contributed by atoms with Crippen molar-refractivity contribution in [3.8, 4) is 11.1 Å². The number of nitrogens with one attached hydrogen (secondary N) is 1. The average Bonchev–Trinajstić information content (AvgIpc) is 2.67. The molecule has 0 bridgehead atoms. The minimum Gasteiger partial charge on any atom is -0.323 e. The Morgan fingerprint density at radius 1 is 0.963 bits per heavy atom. The summed E-state index contributed by atoms with van der Waals surface area (Å²) in [4.78, 5) is 17.3. The summed E-state index contributed by atoms with van der Waals surface area (Å²) in [5, 5.41) is 12.1. The van der Waals surface area contributed by atoms with E-state index in [1.54, 1.807) is 31.3 Å². The van der Waals surface area contributed by atoms with Crippen LogP contribution in [0.3, 0.4) is 0 Å². The predicted molar refractivity (Wildman–Crippen MR) is 108 cm³/mol. The zero-order chi connectivity index (χ0) is 19.0. The number of nitrogens with zero attached hydrogens (tertiary/aromatic N) is 4. The molecule has 0 aliphatic carbocycles. The lowest BCUT2D eigenvalue weighted by molar-refractivity contribution is 0.872. The standard InChI is InChI=1S/C19H13Cl2N5O/c1-26-17-15(24-25-19(23-17)22-11-6-3-2-4-7-11)10-12(18(26)27)16-13(20)8-5-9-14(16)21/h2-10H,1H3,(H,22,23,25). The largest absolute Gasteiger partial charge is 0.323 e. The quantitative estimate of drug-likeness (QED) is 0.552. The molecule has 0 spiro atoms. The highest BCUT2D eigenvalue weighted by Gasteiger charge is 2.16. The van der Waals surface area contributed by atoms with Crippen molar-refractivity contribution in [2.45, 2.75) is 0 Å². The van der Waals surface area contributed by atoms with Gasteiger partial charge in [0.1, 0.15) is 5.52 Å². The van der Waals surface area contributed by atoms with E-state index >= 15 is 0 Å². The first-order valence-electron chi connectivity index (χ1n) is 8.05. The van der Waals surface area contributed by atoms with Gasteiger partial charge in [-0.1, -0.05) is 47.5 Å². The molecule has 0 fully saturated rings. The third-order valence-electron chi connectivity index (χ3n) is 4.09. The lowest BCUT2D eigenvalue weighted by Gasteiger charge is -2.11. The van der Waals surface area contributed by atoms with E-state index in [4.69, 9.17) is 23.2 Å². The number of fused-ring (bicyclic) bond motifs is 1. The van der Waals surface area contributed by atoms with Gasteiger partial charge in [-0.15, -0.1) is 10.2 Å². The summed E-state index contributed by atoms with van der Waals surface area (Å²) in [6.07, 6.45) is 0. The first kappa shape index (κ1) is 17.5. The molecule has 2 heterocycles. The van der Waals surface area contributed by atoms with Crippen molar-refractivity contribution in [1.29, 1.82) is 0 Å². The van der Waals surface area contributed by atoms with Crippen molar-refractivity contribution >= 4 is 46.0 Å². The van der Waals surface area contributed by atoms with Crippen LogP contribution in [0.5, 0.6) is 0 Å². The molecule has 0 saturated carbocycles. The smallest absolute Gasteiger partial charge is 0.260 e. The minimum absolute atomic E-state index is 0.274. The number of hydrogen-bond donors (Lipinski definition) is 1. The van der Waals surface area contributed by atoms with Crippen LogP contribution in [0.25, 0.3) is 22.3 Å². The minimum atomic E-state index is -0.274. The fourth-order valence-corrected chi connectivity index (χ4v) is 3.38. The van der Waals surface area contributed by atoms with Crippen molar-refractivity contribution in [1.82, 2.24) is 19.7 Å². The molecule has 4 aromatic rings. The second-order valence-electron chi connectivity index (χ2n) is 5.85. The van der Waals surface area contributed by atoms with E-state index in [-0.39, 0.29) is 5.56 Å². The number of halogens is 2. The molecule has 0 amide bonds. The van der Waals surface area contributed by atoms with Gasteiger partial charge in [0, 0.05) is 18.3 Å². The Morgan fingerprint density at radius 3 is 2.37 bits per heavy atom. The van der Waals surface area contributed by atoms with Crippen molar-refractivity contribution in [3.63, 3.8) is 0 Å². The second kappa shape index (κ2) is 6.98. The lowest BCUT2D eigenvalue weighted by atomic mass is 10.1. The van der Waals surface area contributed by atoms with Crippen LogP contribution in [0, 0.1) is 0 Å². The summed E-state index contributed by atoms with van der Waals surface area (Å²) in [6.45, 7) is 0. The van der Waals surface area contributed by atoms with E-state index in [2.05, 4.69) is 20.5 Å². The molecular weight excluding hydrogens is 385 g/mol. The Labute approximate surface area is 164 Å². The number of benzene rings is 2. The molecule has 2 aromatic heterocycles. The highest BCUT2D eigenvalue weighted by atomic mass is 35.5. The first-order valence-corrected chi connectivity index (χ1v) is 8.81. The maximum atomic E-state index is 12.9. The molecule has 0 unspecified atom stereocenters. The maximum Gasteiger partial charge on any atom is 0.260 e. The number of anilines is 2. The Kier molecular flexibility index (Phi) is 4.51. The highest BCUT2D eigenvalue weighted by Crippen LogP contribution is 2.33. The van der Waals surface area contributed by atoms with Crippen molar-refractivity contribution < 1.29 is 0 Å². The van der Waals surface area contributed by atoms with Gasteiger partial charge in [0.15, 0.2) is 5.65 Å². The van der Waals surface area contributed by atoms with Crippen LogP contribution >= 0.6 is 23.2 Å². The van der Waals surface area contributed by atoms with Crippen LogP contribution in [0.4, 0.5) is 11.6 Å². The van der Waals surface area contributed by atoms with Gasteiger partial charge in [0.2, 0.25) is 5.95 Å². The molecule has 0 atom stereocenters. The molecule has 0 aliphatic heterocycles. The van der Waals surface area contributed by atoms with Gasteiger partial charge in [-0.2, -0.15) is 4.98 Å². The summed E-state index contributed by atoms with van der Waals surface area (Å²) in [5.41, 5.74) is 2.23. The van der Waals surface area contributed by atoms with Crippen LogP contribution in [0.2, 0.25) is 10.0 Å². The van der Waals surface area contributed by atoms with Gasteiger partial charge in [0.25, 0.3) is 5.56 Å². The fourth-order valence-electron chi connectivity index (χ4n) is 2.78. The van der Waals surface area contributed by atoms with Gasteiger partial charge < -0.3 is 5.32 Å². The van der Waals surface area contributed by atoms with Crippen LogP contribution in [0.1, 0.15) is 0 Å². The summed E-state index contributed by atoms with van der Waals surface area (Å²) in [7, 11) is 1.62. The van der Waals surface area contributed by atoms with E-state index in [1.807, 2.05) is 30.3 Å². The van der Waals surface area contributed by atoms with Gasteiger partial charge in [-0.3, -0.25) is 9.36 Å². The molecule has 134 valence electrons. The fraction of sp³-hybridized carbons (Fsp3) is 0.0526. The van der Waals surface area contributed by atoms with Crippen molar-refractivity contribution in [2.24, 2.45) is 7.05 Å². The SMILES string of the molecule is Cn1c(=O)c(-c2c(Cl)cccc2Cl)cc2nnc(Nc3ccccc3)nc21. The summed E-state index contributed by atoms with van der Waals surface area (Å²) in [5.74, 6) is 0.298. The van der Waals surface area contributed by atoms with Crippen molar-refractivity contribution in [3.05, 3.63) is 75.0 Å². The van der Waals surface area contributed by atoms with E-state index < -0.39 is 0 Å². The van der Waals surface area contributed by atoms with E-state index in [1.165, 1.54) is 4.57 Å². The topological polar surface area (TPSA) is 72.7 Å². The Bertz CT molecular complexity index is 1190. The van der Waals surface area contributed by atoms with Crippen LogP contribution in [0.15, 0.2) is 59.4 Å². The summed E-state index contributed by atoms with van der Waals surface area (Å²) in [6, 6.07) is 16.2. The molecular formula is C19H13Cl2N5O. The molecule has 27 heavy (non-hydrogen) atoms. The molecule has 2 aromatic carbocycles. The molecule has 4 rings (SSSR count). The number of para-hydroxylation sites is 1. The van der Waals surface area contributed by atoms with Gasteiger partial charge >= 0.3 is 0 Å². The predicted octanol–water partition coefficient (Wildman–Crippen LogP) is 4.44. The monoisotopic (exact) mass is 397 g/mol. The Morgan fingerprint density at radius 2 is 1.67 bits per heavy atom. The average molecular weight is 398 g/mol. The normalized spacial score (nSPS) is 10.9. The number of aromatic nitrogens is 4. The van der Waals surface area contributed by atoms with Gasteiger partial charge in [-0.05, 0) is 30.3 Å². The Balaban J connectivity index is 1.86. The number of pyridine rings is 1. The summed E-state index contributed by atoms with van der Waals surface area (Å²) < 4.78 is 1.41. The second-order valence-corrected chi connectivity index (χ2v) is 6.67. The molecule has 1 N–H and O–H groups in total. The number of rotatable bonds is 3. The zero-order valence-corrected chi connectivity index (χ0v) is 15.7. The van der Waals surface area contributed by atoms with Gasteiger partial charge in [-0.25, -0.2) is 0 Å². The molecule has 0 radical (unpaired) electrons. The lowest BCUT2D eigenvalue weighted by Crippen LogP contribution is -2.21. The molecule has 0 saturated heterocycles. The van der Waals surface area contributed by atoms with E-state index in [0.717, 1.165) is 5.69 Å². The van der Waals surface area contributed by atoms with E-state index in [9.17, 15) is 4.79 Å². The number of hydrogen-bond acceptors (Lipinski definition) is 5. The third kappa shape index (κ3) is 3.25. The number of aryl methyl sites for hydroxylation is 1. The van der Waals surface area contributed by atoms with E-state index in [0.29, 0.717) is 38.3 Å². The van der Waals surface area contributed by atoms with Crippen molar-refractivity contribution in [2.75, 3.05) is 5.32 Å². The van der Waals surface area contributed by atoms with Crippen LogP contribution < -0.4 is 10.9 Å². The molecule has 6 nitrogen and oxygen atoms in total. The van der Waals surface area contributed by atoms with Crippen LogP contribution in [-0.4, -0.2) is 19.7 Å². The summed E-state index contributed by atoms with van der Waals surface area (Å²) >= 11 is 12.5. The zero-order valence-electron chi connectivity index (χ0n) is 14.1. The highest BCUT2D eigenvalue weighted by molar-refractivity contribution is 6.39. The maximum absolute atomic E-state index is 12.9. The third-order valence-corrected chi connectivity index (χ3v) is 4.72. The Hall–Kier alpha value is -2.96. The molecule has 0 aliphatic rings.